The maximum Gasteiger partial charge on any atom is 0.271 e. The van der Waals surface area contributed by atoms with Crippen LogP contribution in [0.1, 0.15) is 32.3 Å². The number of nitriles is 1. The minimum atomic E-state index is -0.581. The van der Waals surface area contributed by atoms with E-state index in [0.717, 1.165) is 17.0 Å². The highest BCUT2D eigenvalue weighted by Crippen LogP contribution is 2.32. The summed E-state index contributed by atoms with van der Waals surface area (Å²) in [6.07, 6.45) is 4.77. The molecule has 0 saturated carbocycles. The normalized spacial score (nSPS) is 15.0. The highest BCUT2D eigenvalue weighted by Gasteiger charge is 2.35. The summed E-state index contributed by atoms with van der Waals surface area (Å²) < 4.78 is 21.3. The Bertz CT molecular complexity index is 1430. The molecule has 0 N–H and O–H groups in total. The fraction of sp³-hybridized carbons (Fsp3) is 0.214. The minimum Gasteiger partial charge on any atom is -0.494 e. The van der Waals surface area contributed by atoms with E-state index in [1.807, 2.05) is 43.3 Å². The zero-order valence-electron chi connectivity index (χ0n) is 20.3. The van der Waals surface area contributed by atoms with E-state index < -0.39 is 17.6 Å². The fourth-order valence-electron chi connectivity index (χ4n) is 4.05. The number of benzene rings is 2. The van der Waals surface area contributed by atoms with Gasteiger partial charge in [0.15, 0.2) is 11.6 Å². The van der Waals surface area contributed by atoms with Gasteiger partial charge in [0.25, 0.3) is 11.8 Å². The lowest BCUT2D eigenvalue weighted by Gasteiger charge is -2.27. The maximum absolute atomic E-state index is 14.6. The molecule has 8 heteroatoms. The van der Waals surface area contributed by atoms with Gasteiger partial charge in [-0.1, -0.05) is 31.5 Å². The molecule has 1 aliphatic rings. The average Bonchev–Trinajstić information content (AvgIpc) is 3.31. The van der Waals surface area contributed by atoms with Crippen LogP contribution in [0.4, 0.5) is 4.39 Å². The van der Waals surface area contributed by atoms with Gasteiger partial charge in [-0.05, 0) is 55.3 Å². The number of imide groups is 1. The van der Waals surface area contributed by atoms with Crippen molar-refractivity contribution in [2.75, 3.05) is 13.7 Å². The third-order valence-electron chi connectivity index (χ3n) is 6.05. The Labute approximate surface area is 208 Å². The molecule has 2 amide bonds. The quantitative estimate of drug-likeness (QED) is 0.345. The molecular formula is C28H25FN4O3. The summed E-state index contributed by atoms with van der Waals surface area (Å²) in [7, 11) is 1.39. The standard InChI is InChI=1S/C28H25FN4O3/c1-4-5-13-32-27(34)22(18(2)23(16-30)28(32)35)14-20-17-33(21-9-7-6-8-10-21)31-26(20)19-11-12-25(36-3)24(29)15-19/h6-12,14-15,17H,4-5,13H2,1-3H3/b22-14+. The van der Waals surface area contributed by atoms with Gasteiger partial charge in [-0.25, -0.2) is 9.07 Å². The van der Waals surface area contributed by atoms with Gasteiger partial charge in [-0.15, -0.1) is 0 Å². The lowest BCUT2D eigenvalue weighted by Crippen LogP contribution is -2.43. The summed E-state index contributed by atoms with van der Waals surface area (Å²) in [6.45, 7) is 3.77. The Morgan fingerprint density at radius 1 is 1.14 bits per heavy atom. The number of nitrogens with zero attached hydrogens (tertiary/aromatic N) is 4. The summed E-state index contributed by atoms with van der Waals surface area (Å²) in [5, 5.41) is 14.3. The van der Waals surface area contributed by atoms with Crippen LogP contribution < -0.4 is 4.74 Å². The molecule has 0 aliphatic carbocycles. The van der Waals surface area contributed by atoms with Crippen LogP contribution in [0, 0.1) is 17.1 Å². The van der Waals surface area contributed by atoms with Crippen LogP contribution in [-0.2, 0) is 9.59 Å². The third-order valence-corrected chi connectivity index (χ3v) is 6.05. The van der Waals surface area contributed by atoms with Crippen LogP contribution in [0.5, 0.6) is 5.75 Å². The summed E-state index contributed by atoms with van der Waals surface area (Å²) in [5.41, 5.74) is 2.70. The minimum absolute atomic E-state index is 0.0653. The molecule has 0 unspecified atom stereocenters. The van der Waals surface area contributed by atoms with Crippen molar-refractivity contribution in [1.29, 1.82) is 5.26 Å². The van der Waals surface area contributed by atoms with Crippen molar-refractivity contribution in [2.45, 2.75) is 26.7 Å². The Morgan fingerprint density at radius 3 is 2.53 bits per heavy atom. The predicted octanol–water partition coefficient (Wildman–Crippen LogP) is 5.08. The number of aromatic nitrogens is 2. The number of ether oxygens (including phenoxy) is 1. The van der Waals surface area contributed by atoms with Crippen LogP contribution in [0.2, 0.25) is 0 Å². The number of carbonyl (C=O) groups is 2. The van der Waals surface area contributed by atoms with Crippen LogP contribution in [-0.4, -0.2) is 40.1 Å². The summed E-state index contributed by atoms with van der Waals surface area (Å²) >= 11 is 0. The molecule has 182 valence electrons. The fourth-order valence-corrected chi connectivity index (χ4v) is 4.05. The molecule has 2 heterocycles. The predicted molar refractivity (Wildman–Crippen MR) is 133 cm³/mol. The third kappa shape index (κ3) is 4.56. The van der Waals surface area contributed by atoms with Gasteiger partial charge in [-0.2, -0.15) is 10.4 Å². The lowest BCUT2D eigenvalue weighted by atomic mass is 9.93. The van der Waals surface area contributed by atoms with Gasteiger partial charge < -0.3 is 4.74 Å². The van der Waals surface area contributed by atoms with Crippen molar-refractivity contribution >= 4 is 17.9 Å². The Hall–Kier alpha value is -4.51. The van der Waals surface area contributed by atoms with Gasteiger partial charge in [0.1, 0.15) is 17.3 Å². The molecule has 0 spiro atoms. The van der Waals surface area contributed by atoms with Crippen LogP contribution in [0.25, 0.3) is 23.0 Å². The number of carbonyl (C=O) groups excluding carboxylic acids is 2. The second-order valence-electron chi connectivity index (χ2n) is 8.35. The van der Waals surface area contributed by atoms with Gasteiger partial charge in [0.2, 0.25) is 0 Å². The van der Waals surface area contributed by atoms with E-state index in [9.17, 15) is 19.2 Å². The van der Waals surface area contributed by atoms with Crippen LogP contribution >= 0.6 is 0 Å². The number of rotatable bonds is 7. The first-order chi connectivity index (χ1) is 17.4. The van der Waals surface area contributed by atoms with E-state index in [2.05, 4.69) is 5.10 Å². The van der Waals surface area contributed by atoms with Crippen molar-refractivity contribution in [2.24, 2.45) is 0 Å². The van der Waals surface area contributed by atoms with E-state index >= 15 is 0 Å². The van der Waals surface area contributed by atoms with Crippen LogP contribution in [0.3, 0.4) is 0 Å². The first-order valence-corrected chi connectivity index (χ1v) is 11.6. The average molecular weight is 485 g/mol. The topological polar surface area (TPSA) is 88.2 Å². The molecule has 2 aromatic carbocycles. The molecule has 3 aromatic rings. The molecular weight excluding hydrogens is 459 g/mol. The van der Waals surface area contributed by atoms with Crippen LogP contribution in [0.15, 0.2) is 71.4 Å². The SMILES string of the molecule is CCCCN1C(=O)C(C#N)=C(C)/C(=C\c2cn(-c3ccccc3)nc2-c2ccc(OC)c(F)c2)C1=O. The number of hydrogen-bond acceptors (Lipinski definition) is 5. The number of para-hydroxylation sites is 1. The van der Waals surface area contributed by atoms with Crippen molar-refractivity contribution in [3.63, 3.8) is 0 Å². The Morgan fingerprint density at radius 2 is 1.89 bits per heavy atom. The first-order valence-electron chi connectivity index (χ1n) is 11.6. The zero-order valence-corrected chi connectivity index (χ0v) is 20.3. The van der Waals surface area contributed by atoms with E-state index in [-0.39, 0.29) is 23.4 Å². The molecule has 1 aromatic heterocycles. The molecule has 0 bridgehead atoms. The Balaban J connectivity index is 1.91. The van der Waals surface area contributed by atoms with E-state index in [1.165, 1.54) is 19.2 Å². The van der Waals surface area contributed by atoms with Crippen molar-refractivity contribution < 1.29 is 18.7 Å². The molecule has 0 saturated heterocycles. The van der Waals surface area contributed by atoms with Gasteiger partial charge in [0, 0.05) is 29.4 Å². The zero-order chi connectivity index (χ0) is 25.8. The number of hydrogen-bond donors (Lipinski definition) is 0. The number of amides is 2. The Kier molecular flexibility index (Phi) is 7.11. The monoisotopic (exact) mass is 484 g/mol. The molecule has 0 atom stereocenters. The van der Waals surface area contributed by atoms with Gasteiger partial charge >= 0.3 is 0 Å². The molecule has 7 nitrogen and oxygen atoms in total. The summed E-state index contributed by atoms with van der Waals surface area (Å²) in [6, 6.07) is 15.8. The smallest absolute Gasteiger partial charge is 0.271 e. The molecule has 36 heavy (non-hydrogen) atoms. The number of methoxy groups -OCH3 is 1. The van der Waals surface area contributed by atoms with Crippen molar-refractivity contribution in [3.05, 3.63) is 82.8 Å². The van der Waals surface area contributed by atoms with Crippen molar-refractivity contribution in [3.8, 4) is 28.8 Å². The summed E-state index contributed by atoms with van der Waals surface area (Å²) in [5.74, 6) is -1.49. The highest BCUT2D eigenvalue weighted by molar-refractivity contribution is 6.19. The summed E-state index contributed by atoms with van der Waals surface area (Å²) in [4.78, 5) is 27.3. The van der Waals surface area contributed by atoms with Gasteiger partial charge in [0.05, 0.1) is 12.8 Å². The molecule has 1 aliphatic heterocycles. The van der Waals surface area contributed by atoms with E-state index in [1.54, 1.807) is 29.9 Å². The maximum atomic E-state index is 14.6. The lowest BCUT2D eigenvalue weighted by molar-refractivity contribution is -0.140. The van der Waals surface area contributed by atoms with Gasteiger partial charge in [-0.3, -0.25) is 14.5 Å². The first kappa shape index (κ1) is 24.6. The molecule has 0 radical (unpaired) electrons. The number of halogens is 1. The van der Waals surface area contributed by atoms with E-state index in [4.69, 9.17) is 4.74 Å². The van der Waals surface area contributed by atoms with Crippen molar-refractivity contribution in [1.82, 2.24) is 14.7 Å². The largest absolute Gasteiger partial charge is 0.494 e. The highest BCUT2D eigenvalue weighted by atomic mass is 19.1. The molecule has 0 fully saturated rings. The van der Waals surface area contributed by atoms with E-state index in [0.29, 0.717) is 28.8 Å². The molecule has 4 rings (SSSR count). The second-order valence-corrected chi connectivity index (χ2v) is 8.35. The number of unbranched alkanes of at least 4 members (excludes halogenated alkanes) is 1. The second kappa shape index (κ2) is 10.4.